The summed E-state index contributed by atoms with van der Waals surface area (Å²) in [5.41, 5.74) is 0.527. The summed E-state index contributed by atoms with van der Waals surface area (Å²) in [6.07, 6.45) is 4.20. The lowest BCUT2D eigenvalue weighted by atomic mass is 10.2. The third-order valence-electron chi connectivity index (χ3n) is 2.72. The van der Waals surface area contributed by atoms with Gasteiger partial charge in [-0.3, -0.25) is 10.2 Å². The molecule has 2 aromatic heterocycles. The monoisotopic (exact) mass is 313 g/mol. The second kappa shape index (κ2) is 6.06. The number of hydrogen-bond acceptors (Lipinski definition) is 6. The number of esters is 1. The number of carbonyl (C=O) groups is 1. The first kappa shape index (κ1) is 15.2. The molecular weight excluding hydrogens is 298 g/mol. The van der Waals surface area contributed by atoms with E-state index in [-0.39, 0.29) is 17.2 Å². The van der Waals surface area contributed by atoms with Crippen LogP contribution in [-0.2, 0) is 14.8 Å². The SMILES string of the molecule is CCOC(=O)c1cn[nH]c1S(=O)(=O)NC(C)c1cn[nH]c1. The van der Waals surface area contributed by atoms with Gasteiger partial charge in [0.15, 0.2) is 5.03 Å². The summed E-state index contributed by atoms with van der Waals surface area (Å²) >= 11 is 0. The highest BCUT2D eigenvalue weighted by atomic mass is 32.2. The third kappa shape index (κ3) is 3.28. The minimum Gasteiger partial charge on any atom is -0.462 e. The molecule has 0 fully saturated rings. The van der Waals surface area contributed by atoms with Crippen LogP contribution in [-0.4, -0.2) is 41.4 Å². The van der Waals surface area contributed by atoms with Gasteiger partial charge in [0.2, 0.25) is 0 Å². The highest BCUT2D eigenvalue weighted by molar-refractivity contribution is 7.89. The van der Waals surface area contributed by atoms with Crippen molar-refractivity contribution >= 4 is 16.0 Å². The van der Waals surface area contributed by atoms with E-state index in [1.165, 1.54) is 6.20 Å². The van der Waals surface area contributed by atoms with Crippen LogP contribution in [0.25, 0.3) is 0 Å². The zero-order valence-corrected chi connectivity index (χ0v) is 12.3. The van der Waals surface area contributed by atoms with E-state index in [0.29, 0.717) is 5.56 Å². The van der Waals surface area contributed by atoms with Crippen LogP contribution in [0, 0.1) is 0 Å². The average Bonchev–Trinajstić information content (AvgIpc) is 3.10. The molecule has 0 aliphatic carbocycles. The first-order valence-electron chi connectivity index (χ1n) is 6.17. The molecule has 1 unspecified atom stereocenters. The molecular formula is C11H15N5O4S. The standard InChI is InChI=1S/C11H15N5O4S/c1-3-20-11(17)9-6-14-15-10(9)21(18,19)16-7(2)8-4-12-13-5-8/h4-7,16H,3H2,1-2H3,(H,12,13)(H,14,15). The van der Waals surface area contributed by atoms with Crippen LogP contribution in [0.15, 0.2) is 23.6 Å². The highest BCUT2D eigenvalue weighted by Gasteiger charge is 2.27. The van der Waals surface area contributed by atoms with Crippen LogP contribution in [0.4, 0.5) is 0 Å². The molecule has 0 aliphatic heterocycles. The van der Waals surface area contributed by atoms with Crippen molar-refractivity contribution in [3.8, 4) is 0 Å². The molecule has 0 radical (unpaired) electrons. The lowest BCUT2D eigenvalue weighted by Gasteiger charge is -2.12. The van der Waals surface area contributed by atoms with Crippen LogP contribution in [0.5, 0.6) is 0 Å². The van der Waals surface area contributed by atoms with Crippen molar-refractivity contribution in [1.82, 2.24) is 25.1 Å². The molecule has 0 amide bonds. The molecule has 0 aliphatic rings. The van der Waals surface area contributed by atoms with Gasteiger partial charge in [-0.2, -0.15) is 10.2 Å². The van der Waals surface area contributed by atoms with E-state index in [0.717, 1.165) is 6.20 Å². The van der Waals surface area contributed by atoms with E-state index >= 15 is 0 Å². The molecule has 2 rings (SSSR count). The molecule has 0 aromatic carbocycles. The van der Waals surface area contributed by atoms with E-state index in [2.05, 4.69) is 25.1 Å². The number of sulfonamides is 1. The van der Waals surface area contributed by atoms with Crippen LogP contribution in [0.3, 0.4) is 0 Å². The summed E-state index contributed by atoms with van der Waals surface area (Å²) in [5, 5.41) is 11.9. The minimum absolute atomic E-state index is 0.135. The highest BCUT2D eigenvalue weighted by Crippen LogP contribution is 2.17. The van der Waals surface area contributed by atoms with Gasteiger partial charge in [-0.1, -0.05) is 0 Å². The Hall–Kier alpha value is -2.20. The van der Waals surface area contributed by atoms with Crippen molar-refractivity contribution in [2.45, 2.75) is 24.9 Å². The molecule has 0 bridgehead atoms. The Morgan fingerprint density at radius 2 is 2.19 bits per heavy atom. The summed E-state index contributed by atoms with van der Waals surface area (Å²) in [6, 6.07) is -0.521. The number of ether oxygens (including phenoxy) is 1. The maximum atomic E-state index is 12.3. The predicted molar refractivity (Wildman–Crippen MR) is 71.9 cm³/mol. The molecule has 21 heavy (non-hydrogen) atoms. The molecule has 114 valence electrons. The van der Waals surface area contributed by atoms with Gasteiger partial charge in [-0.25, -0.2) is 17.9 Å². The Morgan fingerprint density at radius 1 is 1.43 bits per heavy atom. The Morgan fingerprint density at radius 3 is 2.81 bits per heavy atom. The summed E-state index contributed by atoms with van der Waals surface area (Å²) in [7, 11) is -3.95. The van der Waals surface area contributed by atoms with Crippen molar-refractivity contribution in [1.29, 1.82) is 0 Å². The molecule has 10 heteroatoms. The molecule has 2 aromatic rings. The summed E-state index contributed by atoms with van der Waals surface area (Å²) in [6.45, 7) is 3.43. The minimum atomic E-state index is -3.95. The second-order valence-corrected chi connectivity index (χ2v) is 5.86. The molecule has 9 nitrogen and oxygen atoms in total. The van der Waals surface area contributed by atoms with Gasteiger partial charge in [0.25, 0.3) is 10.0 Å². The van der Waals surface area contributed by atoms with Gasteiger partial charge >= 0.3 is 5.97 Å². The van der Waals surface area contributed by atoms with Crippen molar-refractivity contribution < 1.29 is 17.9 Å². The van der Waals surface area contributed by atoms with Crippen molar-refractivity contribution in [3.05, 3.63) is 29.7 Å². The van der Waals surface area contributed by atoms with Crippen LogP contribution >= 0.6 is 0 Å². The number of nitrogens with one attached hydrogen (secondary N) is 3. The van der Waals surface area contributed by atoms with Gasteiger partial charge in [0.1, 0.15) is 5.56 Å². The van der Waals surface area contributed by atoms with Crippen molar-refractivity contribution in [3.63, 3.8) is 0 Å². The number of carbonyl (C=O) groups excluding carboxylic acids is 1. The van der Waals surface area contributed by atoms with Gasteiger partial charge in [0, 0.05) is 17.8 Å². The average molecular weight is 313 g/mol. The van der Waals surface area contributed by atoms with Crippen LogP contribution < -0.4 is 4.72 Å². The molecule has 0 saturated heterocycles. The zero-order chi connectivity index (χ0) is 15.5. The van der Waals surface area contributed by atoms with Gasteiger partial charge < -0.3 is 4.74 Å². The molecule has 2 heterocycles. The number of nitrogens with zero attached hydrogens (tertiary/aromatic N) is 2. The lowest BCUT2D eigenvalue weighted by molar-refractivity contribution is 0.0522. The van der Waals surface area contributed by atoms with Gasteiger partial charge in [-0.05, 0) is 13.8 Å². The largest absolute Gasteiger partial charge is 0.462 e. The fourth-order valence-corrected chi connectivity index (χ4v) is 3.01. The molecule has 0 saturated carbocycles. The first-order valence-corrected chi connectivity index (χ1v) is 7.65. The number of H-pyrrole nitrogens is 2. The van der Waals surface area contributed by atoms with E-state index < -0.39 is 22.0 Å². The number of aromatic amines is 2. The topological polar surface area (TPSA) is 130 Å². The smallest absolute Gasteiger partial charge is 0.342 e. The lowest BCUT2D eigenvalue weighted by Crippen LogP contribution is -2.28. The van der Waals surface area contributed by atoms with Crippen molar-refractivity contribution in [2.24, 2.45) is 0 Å². The van der Waals surface area contributed by atoms with Gasteiger partial charge in [0.05, 0.1) is 19.0 Å². The van der Waals surface area contributed by atoms with E-state index in [1.807, 2.05) is 0 Å². The second-order valence-electron chi connectivity index (χ2n) is 4.21. The Balaban J connectivity index is 2.24. The fraction of sp³-hybridized carbons (Fsp3) is 0.364. The Labute approximate surface area is 121 Å². The number of hydrogen-bond donors (Lipinski definition) is 3. The maximum Gasteiger partial charge on any atom is 0.342 e. The summed E-state index contributed by atoms with van der Waals surface area (Å²) in [5.74, 6) is -0.748. The number of rotatable bonds is 6. The van der Waals surface area contributed by atoms with Crippen LogP contribution in [0.2, 0.25) is 0 Å². The predicted octanol–water partition coefficient (Wildman–Crippen LogP) is 0.349. The number of aromatic nitrogens is 4. The van der Waals surface area contributed by atoms with E-state index in [4.69, 9.17) is 4.74 Å². The Kier molecular flexibility index (Phi) is 4.38. The normalized spacial score (nSPS) is 13.0. The van der Waals surface area contributed by atoms with Gasteiger partial charge in [-0.15, -0.1) is 0 Å². The van der Waals surface area contributed by atoms with Crippen molar-refractivity contribution in [2.75, 3.05) is 6.61 Å². The maximum absolute atomic E-state index is 12.3. The first-order chi connectivity index (χ1) is 9.95. The third-order valence-corrected chi connectivity index (χ3v) is 4.23. The molecule has 0 spiro atoms. The quantitative estimate of drug-likeness (QED) is 0.660. The fourth-order valence-electron chi connectivity index (χ4n) is 1.69. The molecule has 1 atom stereocenters. The Bertz CT molecular complexity index is 707. The summed E-state index contributed by atoms with van der Waals surface area (Å²) in [4.78, 5) is 11.7. The van der Waals surface area contributed by atoms with Crippen LogP contribution in [0.1, 0.15) is 35.8 Å². The summed E-state index contributed by atoms with van der Waals surface area (Å²) < 4.78 is 31.8. The zero-order valence-electron chi connectivity index (χ0n) is 11.5. The molecule has 3 N–H and O–H groups in total. The van der Waals surface area contributed by atoms with E-state index in [1.54, 1.807) is 20.0 Å². The van der Waals surface area contributed by atoms with E-state index in [9.17, 15) is 13.2 Å².